The van der Waals surface area contributed by atoms with Crippen molar-refractivity contribution in [3.05, 3.63) is 35.9 Å². The van der Waals surface area contributed by atoms with Gasteiger partial charge in [0.25, 0.3) is 5.78 Å². The van der Waals surface area contributed by atoms with Crippen molar-refractivity contribution in [2.45, 2.75) is 19.6 Å². The Kier molecular flexibility index (Phi) is 4.11. The van der Waals surface area contributed by atoms with Crippen molar-refractivity contribution in [3.8, 4) is 23.3 Å². The zero-order chi connectivity index (χ0) is 12.0. The molecule has 1 nitrogen and oxygen atoms in total. The van der Waals surface area contributed by atoms with Crippen molar-refractivity contribution in [1.29, 1.82) is 0 Å². The fourth-order valence-electron chi connectivity index (χ4n) is 0.926. The van der Waals surface area contributed by atoms with Crippen molar-refractivity contribution >= 4 is 13.9 Å². The van der Waals surface area contributed by atoms with Gasteiger partial charge in [-0.25, -0.2) is 0 Å². The van der Waals surface area contributed by atoms with Crippen LogP contribution in [0.2, 0.25) is 19.6 Å². The van der Waals surface area contributed by atoms with E-state index in [4.69, 9.17) is 0 Å². The van der Waals surface area contributed by atoms with Gasteiger partial charge in [-0.1, -0.05) is 43.8 Å². The lowest BCUT2D eigenvalue weighted by atomic mass is 10.2. The lowest BCUT2D eigenvalue weighted by Crippen LogP contribution is -2.16. The minimum absolute atomic E-state index is 0.300. The van der Waals surface area contributed by atoms with Crippen molar-refractivity contribution in [2.24, 2.45) is 0 Å². The average molecular weight is 226 g/mol. The third kappa shape index (κ3) is 5.19. The third-order valence-electron chi connectivity index (χ3n) is 1.65. The minimum Gasteiger partial charge on any atom is -0.270 e. The molecular formula is C14H14OSi. The molecule has 0 atom stereocenters. The highest BCUT2D eigenvalue weighted by atomic mass is 28.3. The first-order valence-electron chi connectivity index (χ1n) is 5.11. The van der Waals surface area contributed by atoms with Crippen LogP contribution < -0.4 is 0 Å². The molecule has 1 aromatic rings. The van der Waals surface area contributed by atoms with Gasteiger partial charge in [0.05, 0.1) is 0 Å². The van der Waals surface area contributed by atoms with Crippen LogP contribution in [-0.2, 0) is 4.79 Å². The van der Waals surface area contributed by atoms with Crippen LogP contribution in [0.1, 0.15) is 5.56 Å². The normalized spacial score (nSPS) is 9.44. The second-order valence-electron chi connectivity index (χ2n) is 4.45. The van der Waals surface area contributed by atoms with E-state index in [-0.39, 0.29) is 5.78 Å². The number of ketones is 1. The first-order valence-corrected chi connectivity index (χ1v) is 8.61. The summed E-state index contributed by atoms with van der Waals surface area (Å²) in [5.41, 5.74) is 3.83. The van der Waals surface area contributed by atoms with Crippen molar-refractivity contribution in [3.63, 3.8) is 0 Å². The molecule has 0 aliphatic carbocycles. The second-order valence-corrected chi connectivity index (χ2v) is 9.20. The molecule has 0 radical (unpaired) electrons. The number of Topliss-reactive ketones (excluding diaryl/α,β-unsaturated/α-hetero) is 1. The lowest BCUT2D eigenvalue weighted by Gasteiger charge is -2.01. The molecule has 0 N–H and O–H groups in total. The Labute approximate surface area is 97.9 Å². The molecule has 0 fully saturated rings. The second kappa shape index (κ2) is 5.35. The number of carbonyl (C=O) groups is 1. The van der Waals surface area contributed by atoms with Gasteiger partial charge in [-0.3, -0.25) is 4.79 Å². The van der Waals surface area contributed by atoms with E-state index in [1.54, 1.807) is 0 Å². The average Bonchev–Trinajstić information content (AvgIpc) is 2.24. The predicted molar refractivity (Wildman–Crippen MR) is 69.4 cm³/mol. The fraction of sp³-hybridized carbons (Fsp3) is 0.214. The van der Waals surface area contributed by atoms with E-state index < -0.39 is 8.07 Å². The van der Waals surface area contributed by atoms with E-state index in [0.29, 0.717) is 0 Å². The lowest BCUT2D eigenvalue weighted by molar-refractivity contribution is -0.108. The molecule has 2 heteroatoms. The zero-order valence-corrected chi connectivity index (χ0v) is 10.8. The van der Waals surface area contributed by atoms with Gasteiger partial charge in [-0.15, -0.1) is 5.54 Å². The van der Waals surface area contributed by atoms with E-state index >= 15 is 0 Å². The SMILES string of the molecule is C[Si](C)(C)C#CC(=O)C#Cc1ccccc1. The topological polar surface area (TPSA) is 17.1 Å². The van der Waals surface area contributed by atoms with Crippen LogP contribution in [0.3, 0.4) is 0 Å². The first kappa shape index (κ1) is 12.3. The molecule has 1 rings (SSSR count). The Morgan fingerprint density at radius 3 is 2.25 bits per heavy atom. The predicted octanol–water partition coefficient (Wildman–Crippen LogP) is 2.49. The van der Waals surface area contributed by atoms with Gasteiger partial charge in [-0.2, -0.15) is 0 Å². The molecule has 0 saturated carbocycles. The summed E-state index contributed by atoms with van der Waals surface area (Å²) in [4.78, 5) is 11.3. The van der Waals surface area contributed by atoms with Crippen LogP contribution in [0.4, 0.5) is 0 Å². The summed E-state index contributed by atoms with van der Waals surface area (Å²) in [6.07, 6.45) is 0. The molecule has 0 heterocycles. The summed E-state index contributed by atoms with van der Waals surface area (Å²) >= 11 is 0. The van der Waals surface area contributed by atoms with E-state index in [1.807, 2.05) is 30.3 Å². The minimum atomic E-state index is -1.48. The smallest absolute Gasteiger partial charge is 0.270 e. The Bertz CT molecular complexity index is 487. The van der Waals surface area contributed by atoms with Crippen LogP contribution in [0.25, 0.3) is 0 Å². The van der Waals surface area contributed by atoms with Crippen LogP contribution >= 0.6 is 0 Å². The number of carbonyl (C=O) groups excluding carboxylic acids is 1. The fourth-order valence-corrected chi connectivity index (χ4v) is 1.41. The highest BCUT2D eigenvalue weighted by Crippen LogP contribution is 1.96. The maximum atomic E-state index is 11.3. The van der Waals surface area contributed by atoms with Crippen LogP contribution in [0.15, 0.2) is 30.3 Å². The Morgan fingerprint density at radius 2 is 1.69 bits per heavy atom. The molecule has 0 unspecified atom stereocenters. The summed E-state index contributed by atoms with van der Waals surface area (Å²) in [6, 6.07) is 9.43. The quantitative estimate of drug-likeness (QED) is 0.490. The molecule has 0 amide bonds. The van der Waals surface area contributed by atoms with Crippen molar-refractivity contribution < 1.29 is 4.79 Å². The third-order valence-corrected chi connectivity index (χ3v) is 2.52. The molecule has 0 aromatic heterocycles. The van der Waals surface area contributed by atoms with E-state index in [0.717, 1.165) is 5.56 Å². The number of hydrogen-bond acceptors (Lipinski definition) is 1. The molecule has 16 heavy (non-hydrogen) atoms. The van der Waals surface area contributed by atoms with Gasteiger partial charge in [0.1, 0.15) is 8.07 Å². The molecular weight excluding hydrogens is 212 g/mol. The Balaban J connectivity index is 2.73. The van der Waals surface area contributed by atoms with Crippen LogP contribution in [-0.4, -0.2) is 13.9 Å². The number of benzene rings is 1. The van der Waals surface area contributed by atoms with Gasteiger partial charge >= 0.3 is 0 Å². The Morgan fingerprint density at radius 1 is 1.06 bits per heavy atom. The standard InChI is InChI=1S/C14H14OSi/c1-16(2,3)12-11-14(15)10-9-13-7-5-4-6-8-13/h4-8H,1-3H3. The summed E-state index contributed by atoms with van der Waals surface area (Å²) < 4.78 is 0. The van der Waals surface area contributed by atoms with E-state index in [9.17, 15) is 4.79 Å². The molecule has 0 saturated heterocycles. The first-order chi connectivity index (χ1) is 7.47. The summed E-state index contributed by atoms with van der Waals surface area (Å²) in [6.45, 7) is 6.29. The zero-order valence-electron chi connectivity index (χ0n) is 9.79. The van der Waals surface area contributed by atoms with E-state index in [2.05, 4.69) is 42.9 Å². The van der Waals surface area contributed by atoms with E-state index in [1.165, 1.54) is 0 Å². The summed E-state index contributed by atoms with van der Waals surface area (Å²) in [5, 5.41) is 0. The van der Waals surface area contributed by atoms with Gasteiger partial charge in [0.2, 0.25) is 0 Å². The summed E-state index contributed by atoms with van der Waals surface area (Å²) in [5.74, 6) is 7.62. The number of hydrogen-bond donors (Lipinski definition) is 0. The molecule has 0 aliphatic heterocycles. The largest absolute Gasteiger partial charge is 0.278 e. The van der Waals surface area contributed by atoms with Gasteiger partial charge in [-0.05, 0) is 24.0 Å². The molecule has 0 spiro atoms. The van der Waals surface area contributed by atoms with Gasteiger partial charge in [0.15, 0.2) is 0 Å². The monoisotopic (exact) mass is 226 g/mol. The van der Waals surface area contributed by atoms with Gasteiger partial charge < -0.3 is 0 Å². The Hall–Kier alpha value is -1.77. The highest BCUT2D eigenvalue weighted by molar-refractivity contribution is 6.84. The molecule has 1 aromatic carbocycles. The number of rotatable bonds is 0. The van der Waals surface area contributed by atoms with Crippen molar-refractivity contribution in [2.75, 3.05) is 0 Å². The maximum absolute atomic E-state index is 11.3. The van der Waals surface area contributed by atoms with Crippen LogP contribution in [0.5, 0.6) is 0 Å². The summed E-state index contributed by atoms with van der Waals surface area (Å²) in [7, 11) is -1.48. The molecule has 0 bridgehead atoms. The van der Waals surface area contributed by atoms with Crippen LogP contribution in [0, 0.1) is 23.3 Å². The highest BCUT2D eigenvalue weighted by Gasteiger charge is 2.07. The van der Waals surface area contributed by atoms with Gasteiger partial charge in [0, 0.05) is 5.56 Å². The maximum Gasteiger partial charge on any atom is 0.278 e. The molecule has 80 valence electrons. The molecule has 0 aliphatic rings. The van der Waals surface area contributed by atoms with Crippen molar-refractivity contribution in [1.82, 2.24) is 0 Å².